The van der Waals surface area contributed by atoms with Crippen molar-refractivity contribution in [2.45, 2.75) is 6.92 Å². The number of furan rings is 1. The molecule has 0 bridgehead atoms. The summed E-state index contributed by atoms with van der Waals surface area (Å²) in [5, 5.41) is 5.77. The fraction of sp³-hybridized carbons (Fsp3) is 0.172. The lowest BCUT2D eigenvalue weighted by atomic mass is 10.2. The molecular weight excluding hydrogens is 502 g/mol. The Kier molecular flexibility index (Phi) is 7.26. The lowest BCUT2D eigenvalue weighted by Gasteiger charge is -2.15. The Balaban J connectivity index is 1.59. The molecule has 0 radical (unpaired) electrons. The van der Waals surface area contributed by atoms with E-state index in [1.165, 1.54) is 25.1 Å². The van der Waals surface area contributed by atoms with Gasteiger partial charge < -0.3 is 23.4 Å². The molecule has 10 nitrogen and oxygen atoms in total. The minimum absolute atomic E-state index is 0.234. The van der Waals surface area contributed by atoms with Crippen LogP contribution in [0.4, 0.5) is 0 Å². The quantitative estimate of drug-likeness (QED) is 0.201. The van der Waals surface area contributed by atoms with E-state index in [4.69, 9.17) is 28.3 Å². The van der Waals surface area contributed by atoms with Gasteiger partial charge >= 0.3 is 5.97 Å². The molecular formula is C29H25N3O7. The first-order valence-electron chi connectivity index (χ1n) is 12.1. The molecule has 2 heterocycles. The van der Waals surface area contributed by atoms with Crippen LogP contribution >= 0.6 is 0 Å². The Bertz CT molecular complexity index is 1700. The van der Waals surface area contributed by atoms with E-state index in [9.17, 15) is 9.59 Å². The number of carbonyl (C=O) groups excluding carboxylic acids is 1. The standard InChI is InChI=1S/C29H25N3O7/c1-4-37-26(33)17-38-27-23(35-2)13-18(14-24(27)36-3)16-30-32-28(25-15-19-9-5-8-12-22(19)39-25)31-21-11-7-6-10-20(21)29(32)34/h5-16H,4,17H2,1-3H3. The summed E-state index contributed by atoms with van der Waals surface area (Å²) in [6.07, 6.45) is 1.48. The number of nitrogens with zero attached hydrogens (tertiary/aromatic N) is 3. The molecule has 0 N–H and O–H groups in total. The number of rotatable bonds is 9. The summed E-state index contributed by atoms with van der Waals surface area (Å²) in [5.41, 5.74) is 1.37. The van der Waals surface area contributed by atoms with Gasteiger partial charge in [0.25, 0.3) is 5.56 Å². The summed E-state index contributed by atoms with van der Waals surface area (Å²) in [7, 11) is 2.93. The molecule has 0 spiro atoms. The van der Waals surface area contributed by atoms with Crippen LogP contribution in [0.15, 0.2) is 81.0 Å². The lowest BCUT2D eigenvalue weighted by Crippen LogP contribution is -2.20. The Morgan fingerprint density at radius 3 is 2.46 bits per heavy atom. The van der Waals surface area contributed by atoms with Crippen molar-refractivity contribution < 1.29 is 28.2 Å². The van der Waals surface area contributed by atoms with Crippen molar-refractivity contribution in [2.75, 3.05) is 27.4 Å². The topological polar surface area (TPSA) is 114 Å². The number of esters is 1. The second kappa shape index (κ2) is 11.1. The average Bonchev–Trinajstić information content (AvgIpc) is 3.39. The Morgan fingerprint density at radius 1 is 1.03 bits per heavy atom. The van der Waals surface area contributed by atoms with Crippen molar-refractivity contribution in [3.05, 3.63) is 82.6 Å². The number of fused-ring (bicyclic) bond motifs is 2. The van der Waals surface area contributed by atoms with Gasteiger partial charge in [-0.05, 0) is 43.3 Å². The van der Waals surface area contributed by atoms with E-state index in [-0.39, 0.29) is 30.3 Å². The maximum absolute atomic E-state index is 13.5. The molecule has 10 heteroatoms. The van der Waals surface area contributed by atoms with Crippen molar-refractivity contribution in [1.29, 1.82) is 0 Å². The Hall–Kier alpha value is -5.12. The zero-order valence-corrected chi connectivity index (χ0v) is 21.5. The predicted molar refractivity (Wildman–Crippen MR) is 146 cm³/mol. The van der Waals surface area contributed by atoms with Crippen LogP contribution in [0.3, 0.4) is 0 Å². The molecule has 0 saturated heterocycles. The van der Waals surface area contributed by atoms with Gasteiger partial charge in [-0.15, -0.1) is 0 Å². The van der Waals surface area contributed by atoms with Gasteiger partial charge in [0.1, 0.15) is 5.58 Å². The van der Waals surface area contributed by atoms with Gasteiger partial charge in [0.05, 0.1) is 37.9 Å². The van der Waals surface area contributed by atoms with Crippen molar-refractivity contribution in [1.82, 2.24) is 9.66 Å². The van der Waals surface area contributed by atoms with Crippen LogP contribution in [0, 0.1) is 0 Å². The highest BCUT2D eigenvalue weighted by atomic mass is 16.6. The average molecular weight is 528 g/mol. The Labute approximate surface area is 223 Å². The van der Waals surface area contributed by atoms with Crippen LogP contribution in [-0.4, -0.2) is 49.3 Å². The van der Waals surface area contributed by atoms with Gasteiger partial charge in [-0.25, -0.2) is 9.78 Å². The van der Waals surface area contributed by atoms with Crippen molar-refractivity contribution in [3.63, 3.8) is 0 Å². The van der Waals surface area contributed by atoms with Crippen LogP contribution in [0.2, 0.25) is 0 Å². The number of aromatic nitrogens is 2. The van der Waals surface area contributed by atoms with Crippen molar-refractivity contribution in [3.8, 4) is 28.8 Å². The lowest BCUT2D eigenvalue weighted by molar-refractivity contribution is -0.145. The van der Waals surface area contributed by atoms with Crippen LogP contribution in [0.1, 0.15) is 12.5 Å². The second-order valence-electron chi connectivity index (χ2n) is 8.31. The second-order valence-corrected chi connectivity index (χ2v) is 8.31. The van der Waals surface area contributed by atoms with E-state index in [0.29, 0.717) is 39.3 Å². The Morgan fingerprint density at radius 2 is 1.74 bits per heavy atom. The minimum atomic E-state index is -0.520. The smallest absolute Gasteiger partial charge is 0.344 e. The predicted octanol–water partition coefficient (Wildman–Crippen LogP) is 4.65. The third-order valence-electron chi connectivity index (χ3n) is 5.84. The highest BCUT2D eigenvalue weighted by molar-refractivity contribution is 5.85. The van der Waals surface area contributed by atoms with Crippen molar-refractivity contribution in [2.24, 2.45) is 5.10 Å². The highest BCUT2D eigenvalue weighted by Gasteiger charge is 2.18. The number of carbonyl (C=O) groups is 1. The third kappa shape index (κ3) is 5.17. The maximum Gasteiger partial charge on any atom is 0.344 e. The number of para-hydroxylation sites is 2. The minimum Gasteiger partial charge on any atom is -0.493 e. The van der Waals surface area contributed by atoms with Gasteiger partial charge in [-0.1, -0.05) is 30.3 Å². The molecule has 0 fully saturated rings. The molecule has 0 unspecified atom stereocenters. The number of methoxy groups -OCH3 is 2. The fourth-order valence-electron chi connectivity index (χ4n) is 4.06. The molecule has 2 aromatic heterocycles. The number of ether oxygens (including phenoxy) is 4. The zero-order chi connectivity index (χ0) is 27.4. The highest BCUT2D eigenvalue weighted by Crippen LogP contribution is 2.38. The van der Waals surface area contributed by atoms with Crippen LogP contribution in [-0.2, 0) is 9.53 Å². The van der Waals surface area contributed by atoms with Crippen LogP contribution in [0.25, 0.3) is 33.5 Å². The molecule has 39 heavy (non-hydrogen) atoms. The summed E-state index contributed by atoms with van der Waals surface area (Å²) in [4.78, 5) is 30.0. The molecule has 5 rings (SSSR count). The van der Waals surface area contributed by atoms with Gasteiger partial charge in [-0.2, -0.15) is 9.78 Å². The molecule has 0 aliphatic rings. The number of hydrogen-bond acceptors (Lipinski definition) is 9. The van der Waals surface area contributed by atoms with E-state index in [1.54, 1.807) is 37.3 Å². The molecule has 0 saturated carbocycles. The summed E-state index contributed by atoms with van der Waals surface area (Å²) < 4.78 is 28.7. The summed E-state index contributed by atoms with van der Waals surface area (Å²) in [6, 6.07) is 19.7. The summed E-state index contributed by atoms with van der Waals surface area (Å²) >= 11 is 0. The van der Waals surface area contributed by atoms with Gasteiger partial charge in [0.2, 0.25) is 11.6 Å². The zero-order valence-electron chi connectivity index (χ0n) is 21.5. The fourth-order valence-corrected chi connectivity index (χ4v) is 4.06. The third-order valence-corrected chi connectivity index (χ3v) is 5.84. The van der Waals surface area contributed by atoms with Gasteiger partial charge in [0, 0.05) is 10.9 Å². The van der Waals surface area contributed by atoms with E-state index in [2.05, 4.69) is 5.10 Å². The first kappa shape index (κ1) is 25.5. The monoisotopic (exact) mass is 527 g/mol. The van der Waals surface area contributed by atoms with E-state index in [0.717, 1.165) is 5.39 Å². The molecule has 3 aromatic carbocycles. The molecule has 0 aliphatic carbocycles. The molecule has 0 atom stereocenters. The van der Waals surface area contributed by atoms with Crippen LogP contribution < -0.4 is 19.8 Å². The van der Waals surface area contributed by atoms with E-state index < -0.39 is 5.97 Å². The van der Waals surface area contributed by atoms with Crippen molar-refractivity contribution >= 4 is 34.1 Å². The maximum atomic E-state index is 13.5. The largest absolute Gasteiger partial charge is 0.493 e. The first-order chi connectivity index (χ1) is 19.0. The van der Waals surface area contributed by atoms with E-state index >= 15 is 0 Å². The summed E-state index contributed by atoms with van der Waals surface area (Å²) in [6.45, 7) is 1.64. The number of hydrogen-bond donors (Lipinski definition) is 0. The summed E-state index contributed by atoms with van der Waals surface area (Å²) in [5.74, 6) is 0.975. The number of benzene rings is 3. The van der Waals surface area contributed by atoms with E-state index in [1.807, 2.05) is 36.4 Å². The SMILES string of the molecule is CCOC(=O)COc1c(OC)cc(C=Nn2c(-c3cc4ccccc4o3)nc3ccccc3c2=O)cc1OC. The molecule has 0 aliphatic heterocycles. The molecule has 5 aromatic rings. The van der Waals surface area contributed by atoms with Crippen LogP contribution in [0.5, 0.6) is 17.2 Å². The first-order valence-corrected chi connectivity index (χ1v) is 12.1. The van der Waals surface area contributed by atoms with Gasteiger partial charge in [0.15, 0.2) is 23.9 Å². The molecule has 198 valence electrons. The molecule has 0 amide bonds. The van der Waals surface area contributed by atoms with Gasteiger partial charge in [-0.3, -0.25) is 4.79 Å². The normalized spacial score (nSPS) is 11.3.